The van der Waals surface area contributed by atoms with Gasteiger partial charge in [-0.3, -0.25) is 0 Å². The zero-order chi connectivity index (χ0) is 22.2. The topological polar surface area (TPSA) is 104 Å². The molecule has 0 spiro atoms. The van der Waals surface area contributed by atoms with E-state index >= 15 is 0 Å². The number of carbonyl (C=O) groups excluding carboxylic acids is 1. The average molecular weight is 426 g/mol. The summed E-state index contributed by atoms with van der Waals surface area (Å²) in [6.07, 6.45) is 0. The third kappa shape index (κ3) is 6.24. The highest BCUT2D eigenvalue weighted by Crippen LogP contribution is 2.40. The highest BCUT2D eigenvalue weighted by atomic mass is 31.2. The molecule has 0 aliphatic heterocycles. The number of benzene rings is 3. The van der Waals surface area contributed by atoms with E-state index in [0.29, 0.717) is 5.57 Å². The molecule has 0 aliphatic carbocycles. The minimum absolute atomic E-state index is 0.368. The zero-order valence-electron chi connectivity index (χ0n) is 16.4. The van der Waals surface area contributed by atoms with Crippen LogP contribution in [0.4, 0.5) is 0 Å². The van der Waals surface area contributed by atoms with Gasteiger partial charge in [-0.1, -0.05) is 97.6 Å². The summed E-state index contributed by atoms with van der Waals surface area (Å²) in [4.78, 5) is 34.1. The van der Waals surface area contributed by atoms with E-state index < -0.39 is 19.4 Å². The van der Waals surface area contributed by atoms with Crippen LogP contribution in [0.1, 0.15) is 23.6 Å². The van der Waals surface area contributed by atoms with Gasteiger partial charge in [0, 0.05) is 22.3 Å². The Labute approximate surface area is 175 Å². The van der Waals surface area contributed by atoms with Crippen molar-refractivity contribution < 1.29 is 28.8 Å². The van der Waals surface area contributed by atoms with E-state index in [1.54, 1.807) is 6.92 Å². The first-order valence-corrected chi connectivity index (χ1v) is 10.5. The molecule has 0 radical (unpaired) electrons. The van der Waals surface area contributed by atoms with Gasteiger partial charge in [0.05, 0.1) is 0 Å². The van der Waals surface area contributed by atoms with Crippen LogP contribution in [0.15, 0.2) is 103 Å². The molecular formula is C23H23O6P. The van der Waals surface area contributed by atoms with E-state index in [1.165, 1.54) is 0 Å². The van der Waals surface area contributed by atoms with E-state index in [9.17, 15) is 4.79 Å². The lowest BCUT2D eigenvalue weighted by atomic mass is 9.80. The maximum atomic E-state index is 12.6. The minimum Gasteiger partial charge on any atom is -0.441 e. The van der Waals surface area contributed by atoms with E-state index in [-0.39, 0.29) is 0 Å². The van der Waals surface area contributed by atoms with Crippen LogP contribution < -0.4 is 0 Å². The Kier molecular flexibility index (Phi) is 7.86. The predicted octanol–water partition coefficient (Wildman–Crippen LogP) is 4.17. The van der Waals surface area contributed by atoms with Crippen LogP contribution in [0, 0.1) is 0 Å². The Balaban J connectivity index is 0.000000575. The van der Waals surface area contributed by atoms with Crippen molar-refractivity contribution in [1.82, 2.24) is 0 Å². The molecule has 0 atom stereocenters. The molecule has 0 aliphatic rings. The number of hydrogen-bond acceptors (Lipinski definition) is 3. The molecule has 0 aromatic heterocycles. The van der Waals surface area contributed by atoms with Gasteiger partial charge in [0.1, 0.15) is 0 Å². The number of hydrogen-bond donors (Lipinski definition) is 3. The van der Waals surface area contributed by atoms with Crippen LogP contribution in [0.5, 0.6) is 0 Å². The first kappa shape index (κ1) is 23.3. The van der Waals surface area contributed by atoms with Crippen LogP contribution in [-0.4, -0.2) is 20.6 Å². The summed E-state index contributed by atoms with van der Waals surface area (Å²) in [5.74, 6) is -0.420. The molecule has 0 unspecified atom stereocenters. The standard InChI is InChI=1S/C23H20O2.H3O4P/c1-18(2)22(24)25-23(19-12-6-3-7-13-19,20-14-8-4-9-15-20)21-16-10-5-11-17-21;1-5(2,3)4/h3-17H,1H2,2H3;(H3,1,2,3,4). The number of rotatable bonds is 5. The summed E-state index contributed by atoms with van der Waals surface area (Å²) in [5.41, 5.74) is 2.01. The molecular weight excluding hydrogens is 403 g/mol. The summed E-state index contributed by atoms with van der Waals surface area (Å²) in [7, 11) is -4.64. The maximum absolute atomic E-state index is 12.6. The fourth-order valence-corrected chi connectivity index (χ4v) is 2.92. The van der Waals surface area contributed by atoms with Crippen molar-refractivity contribution >= 4 is 13.8 Å². The van der Waals surface area contributed by atoms with Gasteiger partial charge in [0.15, 0.2) is 5.60 Å². The molecule has 156 valence electrons. The van der Waals surface area contributed by atoms with Gasteiger partial charge in [0.25, 0.3) is 0 Å². The second-order valence-electron chi connectivity index (χ2n) is 6.46. The Morgan fingerprint density at radius 2 is 1.03 bits per heavy atom. The molecule has 3 rings (SSSR count). The Hall–Kier alpha value is -3.02. The molecule has 0 amide bonds. The largest absolute Gasteiger partial charge is 0.466 e. The second-order valence-corrected chi connectivity index (χ2v) is 7.49. The lowest BCUT2D eigenvalue weighted by molar-refractivity contribution is -0.148. The highest BCUT2D eigenvalue weighted by Gasteiger charge is 2.40. The van der Waals surface area contributed by atoms with E-state index in [2.05, 4.69) is 6.58 Å². The average Bonchev–Trinajstić information content (AvgIpc) is 2.72. The van der Waals surface area contributed by atoms with E-state index in [0.717, 1.165) is 16.7 Å². The molecule has 0 heterocycles. The molecule has 6 nitrogen and oxygen atoms in total. The van der Waals surface area contributed by atoms with Gasteiger partial charge < -0.3 is 19.4 Å². The van der Waals surface area contributed by atoms with Gasteiger partial charge in [-0.15, -0.1) is 0 Å². The molecule has 3 aromatic carbocycles. The second kappa shape index (κ2) is 10.1. The van der Waals surface area contributed by atoms with Crippen LogP contribution in [0.3, 0.4) is 0 Å². The molecule has 30 heavy (non-hydrogen) atoms. The van der Waals surface area contributed by atoms with Gasteiger partial charge in [-0.25, -0.2) is 9.36 Å². The monoisotopic (exact) mass is 426 g/mol. The fraction of sp³-hybridized carbons (Fsp3) is 0.0870. The first-order valence-electron chi connectivity index (χ1n) is 8.98. The summed E-state index contributed by atoms with van der Waals surface area (Å²) in [6.45, 7) is 5.41. The smallest absolute Gasteiger partial charge is 0.441 e. The Bertz CT molecular complexity index is 908. The van der Waals surface area contributed by atoms with E-state index in [4.69, 9.17) is 24.0 Å². The molecule has 0 bridgehead atoms. The van der Waals surface area contributed by atoms with Crippen molar-refractivity contribution in [2.24, 2.45) is 0 Å². The van der Waals surface area contributed by atoms with Crippen molar-refractivity contribution in [3.8, 4) is 0 Å². The molecule has 0 fully saturated rings. The van der Waals surface area contributed by atoms with Crippen molar-refractivity contribution in [3.63, 3.8) is 0 Å². The van der Waals surface area contributed by atoms with Crippen molar-refractivity contribution in [3.05, 3.63) is 120 Å². The predicted molar refractivity (Wildman–Crippen MR) is 114 cm³/mol. The van der Waals surface area contributed by atoms with Crippen LogP contribution in [-0.2, 0) is 19.7 Å². The molecule has 3 aromatic rings. The highest BCUT2D eigenvalue weighted by molar-refractivity contribution is 7.45. The van der Waals surface area contributed by atoms with Crippen molar-refractivity contribution in [2.75, 3.05) is 0 Å². The van der Waals surface area contributed by atoms with Crippen LogP contribution >= 0.6 is 7.82 Å². The van der Waals surface area contributed by atoms with Crippen LogP contribution in [0.2, 0.25) is 0 Å². The third-order valence-electron chi connectivity index (χ3n) is 4.14. The van der Waals surface area contributed by atoms with Gasteiger partial charge in [-0.05, 0) is 6.92 Å². The number of esters is 1. The zero-order valence-corrected chi connectivity index (χ0v) is 17.3. The van der Waals surface area contributed by atoms with Gasteiger partial charge in [-0.2, -0.15) is 0 Å². The SMILES string of the molecule is C=C(C)C(=O)OC(c1ccccc1)(c1ccccc1)c1ccccc1.O=P(O)(O)O. The summed E-state index contributed by atoms with van der Waals surface area (Å²) < 4.78 is 15.0. The summed E-state index contributed by atoms with van der Waals surface area (Å²) in [5, 5.41) is 0. The quantitative estimate of drug-likeness (QED) is 0.245. The molecule has 3 N–H and O–H groups in total. The third-order valence-corrected chi connectivity index (χ3v) is 4.14. The Morgan fingerprint density at radius 1 is 0.767 bits per heavy atom. The Morgan fingerprint density at radius 3 is 1.27 bits per heavy atom. The fourth-order valence-electron chi connectivity index (χ4n) is 2.92. The number of ether oxygens (including phenoxy) is 1. The molecule has 0 saturated carbocycles. The van der Waals surface area contributed by atoms with Crippen molar-refractivity contribution in [1.29, 1.82) is 0 Å². The van der Waals surface area contributed by atoms with Crippen LogP contribution in [0.25, 0.3) is 0 Å². The number of phosphoric acid groups is 1. The maximum Gasteiger partial charge on any atom is 0.466 e. The lowest BCUT2D eigenvalue weighted by Crippen LogP contribution is -2.35. The normalized spacial score (nSPS) is 11.1. The minimum atomic E-state index is -4.64. The molecule has 0 saturated heterocycles. The summed E-state index contributed by atoms with van der Waals surface area (Å²) >= 11 is 0. The van der Waals surface area contributed by atoms with Gasteiger partial charge >= 0.3 is 13.8 Å². The van der Waals surface area contributed by atoms with Crippen molar-refractivity contribution in [2.45, 2.75) is 12.5 Å². The van der Waals surface area contributed by atoms with Gasteiger partial charge in [0.2, 0.25) is 0 Å². The first-order chi connectivity index (χ1) is 14.1. The number of carbonyl (C=O) groups is 1. The molecule has 7 heteroatoms. The van der Waals surface area contributed by atoms with E-state index in [1.807, 2.05) is 91.0 Å². The lowest BCUT2D eigenvalue weighted by Gasteiger charge is -2.35. The summed E-state index contributed by atoms with van der Waals surface area (Å²) in [6, 6.07) is 29.4.